The minimum atomic E-state index is -1.67. The summed E-state index contributed by atoms with van der Waals surface area (Å²) in [4.78, 5) is 114. The summed E-state index contributed by atoms with van der Waals surface area (Å²) >= 11 is 7.58. The van der Waals surface area contributed by atoms with E-state index in [1.54, 1.807) is 43.3 Å². The van der Waals surface area contributed by atoms with E-state index in [2.05, 4.69) is 26.6 Å². The fourth-order valence-corrected chi connectivity index (χ4v) is 11.7. The second-order valence-corrected chi connectivity index (χ2v) is 19.8. The molecule has 2 unspecified atom stereocenters. The van der Waals surface area contributed by atoms with Gasteiger partial charge in [0.25, 0.3) is 0 Å². The van der Waals surface area contributed by atoms with Crippen LogP contribution in [0.4, 0.5) is 10.5 Å². The quantitative estimate of drug-likeness (QED) is 0.0453. The van der Waals surface area contributed by atoms with Gasteiger partial charge in [-0.3, -0.25) is 38.4 Å². The van der Waals surface area contributed by atoms with Crippen molar-refractivity contribution < 1.29 is 67.6 Å². The Kier molecular flexibility index (Phi) is 16.5. The van der Waals surface area contributed by atoms with E-state index in [1.807, 2.05) is 20.8 Å². The van der Waals surface area contributed by atoms with Gasteiger partial charge in [-0.05, 0) is 87.3 Å². The van der Waals surface area contributed by atoms with Crippen molar-refractivity contribution in [3.8, 4) is 0 Å². The van der Waals surface area contributed by atoms with Gasteiger partial charge in [-0.15, -0.1) is 11.6 Å². The molecule has 380 valence electrons. The third kappa shape index (κ3) is 10.5. The highest BCUT2D eigenvalue weighted by Crippen LogP contribution is 2.72. The van der Waals surface area contributed by atoms with E-state index in [9.17, 15) is 53.4 Å². The van der Waals surface area contributed by atoms with Crippen molar-refractivity contribution in [1.29, 1.82) is 0 Å². The summed E-state index contributed by atoms with van der Waals surface area (Å²) < 4.78 is 17.0. The van der Waals surface area contributed by atoms with Crippen molar-refractivity contribution >= 4 is 70.5 Å². The van der Waals surface area contributed by atoms with E-state index < -0.39 is 119 Å². The molecular formula is C49H63ClN6O14. The number of alkyl carbamates (subject to hydrolysis) is 1. The molecular weight excluding hydrogens is 932 g/mol. The van der Waals surface area contributed by atoms with Gasteiger partial charge in [0.2, 0.25) is 35.3 Å². The number of carbonyl (C=O) groups is 9. The van der Waals surface area contributed by atoms with Crippen LogP contribution in [0.15, 0.2) is 60.2 Å². The average Bonchev–Trinajstić information content (AvgIpc) is 3.75. The van der Waals surface area contributed by atoms with Crippen LogP contribution in [0.5, 0.6) is 0 Å². The van der Waals surface area contributed by atoms with Gasteiger partial charge < -0.3 is 55.9 Å². The number of ether oxygens (including phenoxy) is 3. The van der Waals surface area contributed by atoms with Crippen molar-refractivity contribution in [2.45, 2.75) is 122 Å². The summed E-state index contributed by atoms with van der Waals surface area (Å²) in [6.45, 7) is 8.52. The van der Waals surface area contributed by atoms with E-state index >= 15 is 0 Å². The number of hydrogen-bond acceptors (Lipinski definition) is 14. The number of anilines is 1. The van der Waals surface area contributed by atoms with Crippen molar-refractivity contribution in [3.05, 3.63) is 65.8 Å². The Labute approximate surface area is 410 Å². The number of alkyl halides is 1. The number of Topliss-reactive ketones (excluding diaryl/α,β-unsaturated/α-hetero) is 1. The van der Waals surface area contributed by atoms with Crippen LogP contribution in [-0.4, -0.2) is 130 Å². The zero-order valence-corrected chi connectivity index (χ0v) is 40.9. The number of aliphatic hydroxyl groups is 2. The number of fused-ring (bicyclic) bond motifs is 5. The van der Waals surface area contributed by atoms with Gasteiger partial charge in [0.15, 0.2) is 11.4 Å². The normalized spacial score (nSPS) is 30.4. The molecule has 0 bridgehead atoms. The molecule has 70 heavy (non-hydrogen) atoms. The smallest absolute Gasteiger partial charge is 0.407 e. The van der Waals surface area contributed by atoms with E-state index in [1.165, 1.54) is 32.1 Å². The Hall–Kier alpha value is -5.96. The number of hydrogen-bond donors (Lipinski definition) is 7. The van der Waals surface area contributed by atoms with Gasteiger partial charge in [0.05, 0.1) is 11.0 Å². The summed E-state index contributed by atoms with van der Waals surface area (Å²) in [7, 11) is 0. The number of benzene rings is 1. The van der Waals surface area contributed by atoms with Crippen molar-refractivity contribution in [2.24, 2.45) is 28.6 Å². The van der Waals surface area contributed by atoms with Gasteiger partial charge in [0, 0.05) is 47.9 Å². The van der Waals surface area contributed by atoms with Crippen LogP contribution in [0.2, 0.25) is 0 Å². The number of amides is 6. The van der Waals surface area contributed by atoms with E-state index in [0.29, 0.717) is 30.5 Å². The van der Waals surface area contributed by atoms with Crippen LogP contribution in [0, 0.1) is 28.6 Å². The molecule has 1 heterocycles. The minimum Gasteiger partial charge on any atom is -0.450 e. The first-order valence-electron chi connectivity index (χ1n) is 23.5. The Morgan fingerprint density at radius 3 is 2.30 bits per heavy atom. The first-order valence-corrected chi connectivity index (χ1v) is 23.9. The summed E-state index contributed by atoms with van der Waals surface area (Å²) in [6, 6.07) is 4.28. The van der Waals surface area contributed by atoms with Crippen LogP contribution in [0.25, 0.3) is 0 Å². The Bertz CT molecular complexity index is 2360. The number of allylic oxidation sites excluding steroid dienone is 4. The predicted molar refractivity (Wildman–Crippen MR) is 251 cm³/mol. The zero-order valence-electron chi connectivity index (χ0n) is 40.1. The molecule has 20 nitrogen and oxygen atoms in total. The summed E-state index contributed by atoms with van der Waals surface area (Å²) in [5.41, 5.74) is -1.74. The molecule has 6 amide bonds. The van der Waals surface area contributed by atoms with Gasteiger partial charge in [-0.1, -0.05) is 51.5 Å². The minimum absolute atomic E-state index is 0.00686. The summed E-state index contributed by atoms with van der Waals surface area (Å²) in [6.07, 6.45) is 5.77. The summed E-state index contributed by atoms with van der Waals surface area (Å²) in [5.74, 6) is -5.01. The number of halogens is 1. The van der Waals surface area contributed by atoms with E-state index in [4.69, 9.17) is 25.8 Å². The molecule has 3 fully saturated rings. The number of carbonyl (C=O) groups excluding carboxylic acids is 9. The molecule has 11 atom stereocenters. The first-order chi connectivity index (χ1) is 33.0. The van der Waals surface area contributed by atoms with Crippen LogP contribution in [0.3, 0.4) is 0 Å². The number of ketones is 2. The SMILES string of the molecule is CCC(=O)O[C@]1(C(=O)COCNC(=O)CNC(=O)OCc2ccc(NC(=O)[C@H](C)NC(=O)[C@H](C)NC(=O)CCN3C(=O)C=CC3O)cc2)[C@@H](C)CC2[C@@H]3CCC4=CC(=O)C=C[C@]4(C)[C@@]3(Cl)[C@@H](O)C[C@@]21C. The van der Waals surface area contributed by atoms with Crippen molar-refractivity contribution in [1.82, 2.24) is 26.2 Å². The van der Waals surface area contributed by atoms with Crippen molar-refractivity contribution in [3.63, 3.8) is 0 Å². The lowest BCUT2D eigenvalue weighted by atomic mass is 9.45. The highest BCUT2D eigenvalue weighted by molar-refractivity contribution is 6.26. The molecule has 7 N–H and O–H groups in total. The number of rotatable bonds is 19. The highest BCUT2D eigenvalue weighted by atomic mass is 35.5. The highest BCUT2D eigenvalue weighted by Gasteiger charge is 2.76. The standard InChI is InChI=1S/C49H63ClN6O14/c1-7-42(64)70-49(27(2)20-35-34-13-10-31-21-33(57)16-18-46(31,5)48(34,50)36(58)22-47(35,49)6)37(59)25-68-26-52-39(61)23-51-45(67)69-24-30-8-11-32(12-9-30)55-44(66)29(4)54-43(65)28(3)53-38(60)17-19-56-40(62)14-15-41(56)63/h8-9,11-12,14-16,18,21,27-29,34-36,40,58,62H,7,10,13,17,19-20,22-26H2,1-6H3,(H,51,67)(H,52,61)(H,53,60)(H,54,65)(H,55,66)/t27-,28-,29-,34-,35?,36-,40?,46-,47-,48-,49-/m0/s1. The van der Waals surface area contributed by atoms with Crippen LogP contribution >= 0.6 is 11.6 Å². The molecule has 21 heteroatoms. The van der Waals surface area contributed by atoms with Crippen molar-refractivity contribution in [2.75, 3.05) is 31.7 Å². The number of esters is 1. The molecule has 1 aromatic carbocycles. The van der Waals surface area contributed by atoms with Gasteiger partial charge in [-0.25, -0.2) is 4.79 Å². The monoisotopic (exact) mass is 994 g/mol. The average molecular weight is 996 g/mol. The van der Waals surface area contributed by atoms with Crippen LogP contribution in [-0.2, 0) is 59.2 Å². The lowest BCUT2D eigenvalue weighted by Gasteiger charge is -2.64. The lowest BCUT2D eigenvalue weighted by Crippen LogP contribution is -2.69. The Balaban J connectivity index is 0.915. The second-order valence-electron chi connectivity index (χ2n) is 19.2. The second kappa shape index (κ2) is 21.6. The summed E-state index contributed by atoms with van der Waals surface area (Å²) in [5, 5.41) is 34.3. The molecule has 5 aliphatic rings. The topological polar surface area (TPSA) is 285 Å². The van der Waals surface area contributed by atoms with Gasteiger partial charge >= 0.3 is 12.1 Å². The Morgan fingerprint density at radius 1 is 0.929 bits per heavy atom. The maximum Gasteiger partial charge on any atom is 0.407 e. The zero-order chi connectivity index (χ0) is 51.3. The molecule has 6 rings (SSSR count). The maximum atomic E-state index is 14.4. The fraction of sp³-hybridized carbons (Fsp3) is 0.571. The molecule has 0 aromatic heterocycles. The molecule has 0 saturated heterocycles. The largest absolute Gasteiger partial charge is 0.450 e. The third-order valence-electron chi connectivity index (χ3n) is 14.9. The predicted octanol–water partition coefficient (Wildman–Crippen LogP) is 2.21. The molecule has 0 radical (unpaired) electrons. The van der Waals surface area contributed by atoms with E-state index in [-0.39, 0.29) is 50.0 Å². The van der Waals surface area contributed by atoms with Gasteiger partial charge in [-0.2, -0.15) is 0 Å². The number of nitrogens with one attached hydrogen (secondary N) is 5. The number of nitrogens with zero attached hydrogens (tertiary/aromatic N) is 1. The van der Waals surface area contributed by atoms with Crippen LogP contribution < -0.4 is 26.6 Å². The van der Waals surface area contributed by atoms with Gasteiger partial charge in [0.1, 0.15) is 44.8 Å². The lowest BCUT2D eigenvalue weighted by molar-refractivity contribution is -0.203. The molecule has 0 spiro atoms. The fourth-order valence-electron chi connectivity index (χ4n) is 11.1. The van der Waals surface area contributed by atoms with Crippen LogP contribution in [0.1, 0.15) is 85.6 Å². The molecule has 3 saturated carbocycles. The first kappa shape index (κ1) is 53.4. The van der Waals surface area contributed by atoms with E-state index in [0.717, 1.165) is 10.5 Å². The Morgan fingerprint density at radius 2 is 1.63 bits per heavy atom. The number of aliphatic hydroxyl groups excluding tert-OH is 2. The molecule has 1 aromatic rings. The third-order valence-corrected chi connectivity index (χ3v) is 15.8. The maximum absolute atomic E-state index is 14.4. The molecule has 1 aliphatic heterocycles. The molecule has 4 aliphatic carbocycles.